The molecule has 7 aromatic rings. The fraction of sp³-hybridized carbons (Fsp3) is 0.411. The number of thiazole rings is 1. The molecule has 0 bridgehead atoms. The van der Waals surface area contributed by atoms with Crippen LogP contribution in [0.1, 0.15) is 89.1 Å². The largest absolute Gasteiger partial charge is 0.493 e. The van der Waals surface area contributed by atoms with Crippen LogP contribution in [0.2, 0.25) is 0 Å². The van der Waals surface area contributed by atoms with Crippen LogP contribution in [0.25, 0.3) is 43.7 Å². The number of fused-ring (bicyclic) bond motifs is 1. The van der Waals surface area contributed by atoms with E-state index >= 15 is 0 Å². The second-order valence-corrected chi connectivity index (χ2v) is 24.0. The lowest BCUT2D eigenvalue weighted by molar-refractivity contribution is -0.145. The molecule has 1 saturated carbocycles. The van der Waals surface area contributed by atoms with Crippen LogP contribution in [0.5, 0.6) is 11.5 Å². The molecule has 1 aliphatic heterocycles. The second kappa shape index (κ2) is 23.4. The van der Waals surface area contributed by atoms with Gasteiger partial charge in [0.25, 0.3) is 15.9 Å². The van der Waals surface area contributed by atoms with Crippen LogP contribution < -0.4 is 30.6 Å². The first-order valence-corrected chi connectivity index (χ1v) is 28.8. The number of anilines is 2. The van der Waals surface area contributed by atoms with Gasteiger partial charge in [0.15, 0.2) is 5.67 Å². The number of aliphatic hydroxyl groups excluding tert-OH is 1. The normalized spacial score (nSPS) is 16.8. The number of pyridine rings is 1. The number of carbonyl (C=O) groups excluding carboxylic acids is 3. The van der Waals surface area contributed by atoms with Crippen molar-refractivity contribution in [3.63, 3.8) is 0 Å². The van der Waals surface area contributed by atoms with Gasteiger partial charge in [0.05, 0.1) is 51.6 Å². The summed E-state index contributed by atoms with van der Waals surface area (Å²) in [4.78, 5) is 51.8. The molecule has 430 valence electrons. The number of alkyl halides is 3. The van der Waals surface area contributed by atoms with Gasteiger partial charge in [-0.15, -0.1) is 11.3 Å². The highest BCUT2D eigenvalue weighted by Crippen LogP contribution is 2.42. The molecule has 9 rings (SSSR count). The number of nitrogen functional groups attached to an aromatic ring is 1. The van der Waals surface area contributed by atoms with E-state index in [1.165, 1.54) is 58.7 Å². The van der Waals surface area contributed by atoms with Crippen molar-refractivity contribution >= 4 is 61.5 Å². The maximum absolute atomic E-state index is 14.7. The number of hydrogen-bond acceptors (Lipinski definition) is 14. The molecule has 81 heavy (non-hydrogen) atoms. The maximum atomic E-state index is 14.7. The van der Waals surface area contributed by atoms with Gasteiger partial charge < -0.3 is 35.8 Å². The number of carbonyl (C=O) groups is 3. The van der Waals surface area contributed by atoms with Crippen molar-refractivity contribution < 1.29 is 54.9 Å². The number of halogens is 4. The van der Waals surface area contributed by atoms with Crippen molar-refractivity contribution in [3.05, 3.63) is 107 Å². The quantitative estimate of drug-likeness (QED) is 0.0315. The Balaban J connectivity index is 0.851. The van der Waals surface area contributed by atoms with Crippen molar-refractivity contribution in [2.45, 2.75) is 122 Å². The number of nitrogens with zero attached hydrogens (tertiary/aromatic N) is 7. The number of β-amino-alcohol motifs (C(OH)–C–C–N with tert-alkyl or cyclic N) is 1. The fourth-order valence-electron chi connectivity index (χ4n) is 9.72. The van der Waals surface area contributed by atoms with Crippen LogP contribution in [0.15, 0.2) is 84.8 Å². The van der Waals surface area contributed by atoms with Gasteiger partial charge in [-0.1, -0.05) is 51.1 Å². The Morgan fingerprint density at radius 3 is 2.40 bits per heavy atom. The fourth-order valence-corrected chi connectivity index (χ4v) is 11.1. The zero-order chi connectivity index (χ0) is 58.1. The molecule has 25 heteroatoms. The van der Waals surface area contributed by atoms with Gasteiger partial charge >= 0.3 is 5.76 Å². The molecule has 2 aliphatic rings. The van der Waals surface area contributed by atoms with E-state index in [2.05, 4.69) is 25.7 Å². The number of nitrogens with one attached hydrogen (secondary N) is 3. The minimum Gasteiger partial charge on any atom is -0.493 e. The van der Waals surface area contributed by atoms with Crippen LogP contribution in [0.4, 0.5) is 29.1 Å². The van der Waals surface area contributed by atoms with Crippen LogP contribution >= 0.6 is 11.3 Å². The van der Waals surface area contributed by atoms with E-state index in [1.54, 1.807) is 57.3 Å². The van der Waals surface area contributed by atoms with E-state index < -0.39 is 74.7 Å². The van der Waals surface area contributed by atoms with Gasteiger partial charge in [0.1, 0.15) is 47.0 Å². The number of rotatable bonds is 22. The standard InChI is InChI=1S/C56H63F4N11O8S2/c1-31-48(80-30-64-31)35-10-11-36(25-63-51(73)42-24-39(72)29-71(42)52(74)49(55(3,4)5)66-53(75)56(60)18-19-56)43(23-35)78-21-9-7-8-20-70-28-37(26-65-70)40-27-62-50(61)45-46(67-69(6)47(40)45)34-14-17-41(68-81(76,77)54(58)59)44(22-34)79-32(2)33-12-15-38(57)16-13-33/h10-17,22-23,26-28,30,32,39,42,49,54,68,72H,7-9,18-21,24-25,29H2,1-6H3,(H2,61,62)(H,63,73)(H,66,75)/t32-,39+,42-,49+/m0/s1. The molecule has 0 spiro atoms. The summed E-state index contributed by atoms with van der Waals surface area (Å²) < 4.78 is 98.0. The molecule has 3 aromatic carbocycles. The summed E-state index contributed by atoms with van der Waals surface area (Å²) in [6.45, 7) is 9.63. The van der Waals surface area contributed by atoms with E-state index in [-0.39, 0.29) is 49.6 Å². The lowest BCUT2D eigenvalue weighted by Gasteiger charge is -2.35. The monoisotopic (exact) mass is 1160 g/mol. The molecule has 1 saturated heterocycles. The lowest BCUT2D eigenvalue weighted by Crippen LogP contribution is -2.59. The first-order valence-electron chi connectivity index (χ1n) is 26.3. The first-order chi connectivity index (χ1) is 38.4. The molecule has 0 radical (unpaired) electrons. The number of sulfonamides is 1. The van der Waals surface area contributed by atoms with Gasteiger partial charge in [0.2, 0.25) is 11.8 Å². The minimum absolute atomic E-state index is 0.0128. The van der Waals surface area contributed by atoms with Gasteiger partial charge in [0, 0.05) is 67.8 Å². The summed E-state index contributed by atoms with van der Waals surface area (Å²) >= 11 is 1.49. The van der Waals surface area contributed by atoms with E-state index in [1.807, 2.05) is 40.7 Å². The van der Waals surface area contributed by atoms with E-state index in [4.69, 9.17) is 20.3 Å². The number of aliphatic hydroxyl groups is 1. The molecule has 4 aromatic heterocycles. The smallest absolute Gasteiger partial charge is 0.355 e. The number of aromatic nitrogens is 6. The molecular weight excluding hydrogens is 1090 g/mol. The van der Waals surface area contributed by atoms with Gasteiger partial charge in [-0.05, 0) is 92.8 Å². The first kappa shape index (κ1) is 58.0. The number of amides is 3. The highest BCUT2D eigenvalue weighted by atomic mass is 32.2. The van der Waals surface area contributed by atoms with Crippen molar-refractivity contribution in [2.24, 2.45) is 12.5 Å². The number of nitrogens with two attached hydrogens (primary N) is 1. The van der Waals surface area contributed by atoms with Crippen LogP contribution in [0.3, 0.4) is 0 Å². The highest BCUT2D eigenvalue weighted by molar-refractivity contribution is 7.93. The molecule has 4 atom stereocenters. The summed E-state index contributed by atoms with van der Waals surface area (Å²) in [5.74, 6) is -5.52. The average Bonchev–Trinajstić information content (AvgIpc) is 3.88. The van der Waals surface area contributed by atoms with Gasteiger partial charge in [-0.25, -0.2) is 27.2 Å². The predicted molar refractivity (Wildman–Crippen MR) is 298 cm³/mol. The Labute approximate surface area is 469 Å². The zero-order valence-electron chi connectivity index (χ0n) is 45.4. The third kappa shape index (κ3) is 12.9. The lowest BCUT2D eigenvalue weighted by atomic mass is 9.85. The molecule has 0 unspecified atom stereocenters. The van der Waals surface area contributed by atoms with Crippen LogP contribution in [0, 0.1) is 18.2 Å². The number of unbranched alkanes of at least 4 members (excludes halogenated alkanes) is 2. The summed E-state index contributed by atoms with van der Waals surface area (Å²) in [7, 11) is -3.37. The van der Waals surface area contributed by atoms with E-state index in [0.29, 0.717) is 64.2 Å². The van der Waals surface area contributed by atoms with E-state index in [0.717, 1.165) is 34.5 Å². The summed E-state index contributed by atoms with van der Waals surface area (Å²) in [5.41, 5.74) is 10.9. The van der Waals surface area contributed by atoms with Crippen LogP contribution in [-0.2, 0) is 44.5 Å². The van der Waals surface area contributed by atoms with Crippen LogP contribution in [-0.4, -0.2) is 108 Å². The summed E-state index contributed by atoms with van der Waals surface area (Å²) in [5, 5.41) is 26.1. The zero-order valence-corrected chi connectivity index (χ0v) is 47.0. The molecule has 1 aliphatic carbocycles. The van der Waals surface area contributed by atoms with Gasteiger partial charge in [-0.3, -0.25) is 28.5 Å². The highest BCUT2D eigenvalue weighted by Gasteiger charge is 2.53. The SMILES string of the molecule is Cc1ncsc1-c1ccc(CNC(=O)[C@@H]2C[C@@H](O)CN2C(=O)[C@@H](NC(=O)C2(F)CC2)C(C)(C)C)c(OCCCCCn2cc(-c3cnc(N)c4c(-c5ccc(NS(=O)(=O)C(F)F)c(O[C@@H](C)c6ccc(F)cc6)c5)nn(C)c34)cn2)c1. The van der Waals surface area contributed by atoms with E-state index in [9.17, 15) is 45.5 Å². The summed E-state index contributed by atoms with van der Waals surface area (Å²) in [6.07, 6.45) is 5.78. The number of ether oxygens (including phenoxy) is 2. The summed E-state index contributed by atoms with van der Waals surface area (Å²) in [6, 6.07) is 13.2. The molecular formula is C56H63F4N11O8S2. The number of benzene rings is 3. The average molecular weight is 1160 g/mol. The number of likely N-dealkylation sites (tertiary alicyclic amines) is 1. The maximum Gasteiger partial charge on any atom is 0.355 e. The Bertz CT molecular complexity index is 3580. The number of hydrogen-bond donors (Lipinski definition) is 5. The third-order valence-corrected chi connectivity index (χ3v) is 16.3. The number of aryl methyl sites for hydroxylation is 3. The Hall–Kier alpha value is -7.64. The molecule has 3 amide bonds. The third-order valence-electron chi connectivity index (χ3n) is 14.4. The Kier molecular flexibility index (Phi) is 16.8. The topological polar surface area (TPSA) is 251 Å². The van der Waals surface area contributed by atoms with Gasteiger partial charge in [-0.2, -0.15) is 19.0 Å². The minimum atomic E-state index is -5.09. The van der Waals surface area contributed by atoms with Crippen molar-refractivity contribution in [2.75, 3.05) is 23.6 Å². The Morgan fingerprint density at radius 2 is 1.70 bits per heavy atom. The van der Waals surface area contributed by atoms with Crippen molar-refractivity contribution in [1.29, 1.82) is 0 Å². The Morgan fingerprint density at radius 1 is 0.975 bits per heavy atom. The molecule has 19 nitrogen and oxygen atoms in total. The second-order valence-electron chi connectivity index (χ2n) is 21.5. The molecule has 6 N–H and O–H groups in total. The molecule has 2 fully saturated rings. The van der Waals surface area contributed by atoms with Crippen molar-refractivity contribution in [1.82, 2.24) is 45.1 Å². The van der Waals surface area contributed by atoms with Crippen molar-refractivity contribution in [3.8, 4) is 44.3 Å². The molecule has 5 heterocycles. The predicted octanol–water partition coefficient (Wildman–Crippen LogP) is 8.62.